The highest BCUT2D eigenvalue weighted by Crippen LogP contribution is 2.23. The quantitative estimate of drug-likeness (QED) is 0.845. The van der Waals surface area contributed by atoms with Crippen LogP contribution >= 0.6 is 11.8 Å². The number of imide groups is 1. The molecule has 7 nitrogen and oxygen atoms in total. The topological polar surface area (TPSA) is 79.6 Å². The van der Waals surface area contributed by atoms with Crippen molar-refractivity contribution in [2.75, 3.05) is 13.1 Å². The van der Waals surface area contributed by atoms with E-state index in [2.05, 4.69) is 15.5 Å². The molecule has 1 fully saturated rings. The van der Waals surface area contributed by atoms with E-state index in [1.807, 2.05) is 28.8 Å². The first-order valence-electron chi connectivity index (χ1n) is 6.22. The third-order valence-corrected chi connectivity index (χ3v) is 4.08. The molecule has 1 atom stereocenters. The first kappa shape index (κ1) is 12.9. The molecule has 2 aromatic heterocycles. The van der Waals surface area contributed by atoms with Crippen LogP contribution in [0.15, 0.2) is 29.6 Å². The highest BCUT2D eigenvalue weighted by Gasteiger charge is 2.30. The summed E-state index contributed by atoms with van der Waals surface area (Å²) in [5.41, 5.74) is 0.730. The van der Waals surface area contributed by atoms with Crippen molar-refractivity contribution in [3.8, 4) is 0 Å². The lowest BCUT2D eigenvalue weighted by Gasteiger charge is -2.16. The summed E-state index contributed by atoms with van der Waals surface area (Å²) in [6.07, 6.45) is 1.84. The van der Waals surface area contributed by atoms with Gasteiger partial charge >= 0.3 is 6.03 Å². The molecule has 0 radical (unpaired) electrons. The van der Waals surface area contributed by atoms with E-state index in [-0.39, 0.29) is 11.9 Å². The number of carbonyl (C=O) groups excluding carboxylic acids is 2. The molecule has 2 aromatic rings. The zero-order valence-corrected chi connectivity index (χ0v) is 11.6. The van der Waals surface area contributed by atoms with E-state index in [0.29, 0.717) is 18.2 Å². The minimum Gasteiger partial charge on any atom is -0.336 e. The smallest absolute Gasteiger partial charge is 0.324 e. The molecule has 0 aromatic carbocycles. The molecule has 0 bridgehead atoms. The van der Waals surface area contributed by atoms with E-state index in [1.54, 1.807) is 6.92 Å². The Morgan fingerprint density at radius 2 is 2.30 bits per heavy atom. The Hall–Kier alpha value is -2.09. The summed E-state index contributed by atoms with van der Waals surface area (Å²) in [4.78, 5) is 24.9. The van der Waals surface area contributed by atoms with E-state index in [4.69, 9.17) is 0 Å². The second-order valence-electron chi connectivity index (χ2n) is 4.39. The standard InChI is InChI=1S/C12H13N5O2S/c1-8(10(18)17-7-5-13-11(17)19)20-12-15-14-9-4-2-3-6-16(9)12/h2-4,6,8H,5,7H2,1H3,(H,13,19)/t8-/m1/s1. The van der Waals surface area contributed by atoms with Crippen molar-refractivity contribution in [1.29, 1.82) is 0 Å². The second kappa shape index (κ2) is 5.12. The van der Waals surface area contributed by atoms with Crippen molar-refractivity contribution >= 4 is 29.3 Å². The molecular formula is C12H13N5O2S. The maximum absolute atomic E-state index is 12.2. The van der Waals surface area contributed by atoms with Crippen molar-refractivity contribution in [2.45, 2.75) is 17.3 Å². The summed E-state index contributed by atoms with van der Waals surface area (Å²) in [6.45, 7) is 2.70. The summed E-state index contributed by atoms with van der Waals surface area (Å²) in [6, 6.07) is 5.27. The van der Waals surface area contributed by atoms with Crippen LogP contribution < -0.4 is 5.32 Å². The molecule has 1 saturated heterocycles. The fourth-order valence-electron chi connectivity index (χ4n) is 2.01. The summed E-state index contributed by atoms with van der Waals surface area (Å²) in [5, 5.41) is 11.0. The van der Waals surface area contributed by atoms with Gasteiger partial charge in [0.2, 0.25) is 5.91 Å². The van der Waals surface area contributed by atoms with E-state index in [9.17, 15) is 9.59 Å². The molecule has 8 heteroatoms. The Morgan fingerprint density at radius 3 is 3.05 bits per heavy atom. The van der Waals surface area contributed by atoms with Gasteiger partial charge in [-0.3, -0.25) is 14.1 Å². The summed E-state index contributed by atoms with van der Waals surface area (Å²) in [5.74, 6) is -0.210. The number of carbonyl (C=O) groups is 2. The predicted molar refractivity (Wildman–Crippen MR) is 73.4 cm³/mol. The average molecular weight is 291 g/mol. The summed E-state index contributed by atoms with van der Waals surface area (Å²) in [7, 11) is 0. The molecule has 20 heavy (non-hydrogen) atoms. The van der Waals surface area contributed by atoms with E-state index >= 15 is 0 Å². The Labute approximate surface area is 119 Å². The van der Waals surface area contributed by atoms with Gasteiger partial charge in [-0.25, -0.2) is 4.79 Å². The monoisotopic (exact) mass is 291 g/mol. The number of amides is 3. The van der Waals surface area contributed by atoms with Gasteiger partial charge in [0.05, 0.1) is 5.25 Å². The Kier molecular flexibility index (Phi) is 3.31. The molecule has 1 aliphatic heterocycles. The van der Waals surface area contributed by atoms with Crippen LogP contribution in [0.2, 0.25) is 0 Å². The van der Waals surface area contributed by atoms with Gasteiger partial charge in [0.15, 0.2) is 10.8 Å². The predicted octanol–water partition coefficient (Wildman–Crippen LogP) is 0.762. The van der Waals surface area contributed by atoms with Crippen molar-refractivity contribution in [3.05, 3.63) is 24.4 Å². The number of hydrogen-bond acceptors (Lipinski definition) is 5. The minimum atomic E-state index is -0.397. The van der Waals surface area contributed by atoms with Crippen molar-refractivity contribution in [1.82, 2.24) is 24.8 Å². The first-order chi connectivity index (χ1) is 9.66. The maximum Gasteiger partial charge on any atom is 0.324 e. The molecule has 0 unspecified atom stereocenters. The molecule has 0 aliphatic carbocycles. The number of fused-ring (bicyclic) bond motifs is 1. The lowest BCUT2D eigenvalue weighted by Crippen LogP contribution is -2.39. The lowest BCUT2D eigenvalue weighted by molar-refractivity contribution is -0.126. The van der Waals surface area contributed by atoms with Crippen LogP contribution in [0.4, 0.5) is 4.79 Å². The molecule has 3 amide bonds. The van der Waals surface area contributed by atoms with Gasteiger partial charge in [0, 0.05) is 19.3 Å². The van der Waals surface area contributed by atoms with Crippen LogP contribution in [0.25, 0.3) is 5.65 Å². The Morgan fingerprint density at radius 1 is 1.45 bits per heavy atom. The van der Waals surface area contributed by atoms with Crippen LogP contribution in [0.3, 0.4) is 0 Å². The number of pyridine rings is 1. The normalized spacial score (nSPS) is 16.4. The number of urea groups is 1. The van der Waals surface area contributed by atoms with Gasteiger partial charge in [-0.1, -0.05) is 17.8 Å². The van der Waals surface area contributed by atoms with E-state index < -0.39 is 5.25 Å². The number of thioether (sulfide) groups is 1. The molecular weight excluding hydrogens is 278 g/mol. The Balaban J connectivity index is 1.77. The highest BCUT2D eigenvalue weighted by molar-refractivity contribution is 8.00. The van der Waals surface area contributed by atoms with Crippen LogP contribution in [-0.4, -0.2) is 49.8 Å². The third-order valence-electron chi connectivity index (χ3n) is 3.04. The number of nitrogens with one attached hydrogen (secondary N) is 1. The third kappa shape index (κ3) is 2.22. The molecule has 0 spiro atoms. The van der Waals surface area contributed by atoms with Crippen molar-refractivity contribution in [3.63, 3.8) is 0 Å². The lowest BCUT2D eigenvalue weighted by atomic mass is 10.4. The number of rotatable bonds is 3. The molecule has 0 saturated carbocycles. The fourth-order valence-corrected chi connectivity index (χ4v) is 2.91. The Bertz CT molecular complexity index is 671. The number of nitrogens with zero attached hydrogens (tertiary/aromatic N) is 4. The largest absolute Gasteiger partial charge is 0.336 e. The highest BCUT2D eigenvalue weighted by atomic mass is 32.2. The second-order valence-corrected chi connectivity index (χ2v) is 5.70. The van der Waals surface area contributed by atoms with E-state index in [0.717, 1.165) is 5.65 Å². The zero-order chi connectivity index (χ0) is 14.1. The molecule has 3 rings (SSSR count). The number of aromatic nitrogens is 3. The van der Waals surface area contributed by atoms with Crippen molar-refractivity contribution < 1.29 is 9.59 Å². The van der Waals surface area contributed by atoms with E-state index in [1.165, 1.54) is 16.7 Å². The zero-order valence-electron chi connectivity index (χ0n) is 10.8. The van der Waals surface area contributed by atoms with Gasteiger partial charge in [0.1, 0.15) is 0 Å². The summed E-state index contributed by atoms with van der Waals surface area (Å²) >= 11 is 1.29. The van der Waals surface area contributed by atoms with Crippen LogP contribution in [-0.2, 0) is 4.79 Å². The van der Waals surface area contributed by atoms with Crippen LogP contribution in [0.5, 0.6) is 0 Å². The molecule has 1 aliphatic rings. The van der Waals surface area contributed by atoms with Gasteiger partial charge in [0.25, 0.3) is 0 Å². The molecule has 1 N–H and O–H groups in total. The summed E-state index contributed by atoms with van der Waals surface area (Å²) < 4.78 is 1.82. The molecule has 3 heterocycles. The SMILES string of the molecule is C[C@@H](Sc1nnc2ccccn12)C(=O)N1CCNC1=O. The van der Waals surface area contributed by atoms with Crippen LogP contribution in [0.1, 0.15) is 6.92 Å². The van der Waals surface area contributed by atoms with Gasteiger partial charge < -0.3 is 5.32 Å². The average Bonchev–Trinajstić information content (AvgIpc) is 3.05. The fraction of sp³-hybridized carbons (Fsp3) is 0.333. The number of hydrogen-bond donors (Lipinski definition) is 1. The van der Waals surface area contributed by atoms with Gasteiger partial charge in [-0.2, -0.15) is 0 Å². The maximum atomic E-state index is 12.2. The molecule has 104 valence electrons. The van der Waals surface area contributed by atoms with Crippen molar-refractivity contribution in [2.24, 2.45) is 0 Å². The van der Waals surface area contributed by atoms with Gasteiger partial charge in [-0.05, 0) is 19.1 Å². The van der Waals surface area contributed by atoms with Crippen LogP contribution in [0, 0.1) is 0 Å². The van der Waals surface area contributed by atoms with Gasteiger partial charge in [-0.15, -0.1) is 10.2 Å². The minimum absolute atomic E-state index is 0.210. The first-order valence-corrected chi connectivity index (χ1v) is 7.10.